The number of aryl methyl sites for hydroxylation is 2. The van der Waals surface area contributed by atoms with Crippen LogP contribution in [0.5, 0.6) is 17.2 Å². The van der Waals surface area contributed by atoms with Crippen LogP contribution >= 0.6 is 0 Å². The zero-order valence-corrected chi connectivity index (χ0v) is 20.4. The van der Waals surface area contributed by atoms with Gasteiger partial charge in [0.05, 0.1) is 11.3 Å². The molecular weight excluding hydrogens is 496 g/mol. The minimum atomic E-state index is -1.53. The molecule has 2 heterocycles. The van der Waals surface area contributed by atoms with E-state index in [1.54, 1.807) is 13.8 Å². The minimum Gasteiger partial charge on any atom is -0.507 e. The Balaban J connectivity index is 1.75. The number of hydrogen-bond acceptors (Lipinski definition) is 10. The lowest BCUT2D eigenvalue weighted by Crippen LogP contribution is -2.54. The lowest BCUT2D eigenvalue weighted by Gasteiger charge is -2.44. The summed E-state index contributed by atoms with van der Waals surface area (Å²) in [6.07, 6.45) is -1.22. The van der Waals surface area contributed by atoms with Crippen molar-refractivity contribution in [2.75, 3.05) is 6.61 Å². The van der Waals surface area contributed by atoms with Gasteiger partial charge < -0.3 is 29.5 Å². The molecule has 0 fully saturated rings. The lowest BCUT2D eigenvalue weighted by molar-refractivity contribution is -0.150. The van der Waals surface area contributed by atoms with Gasteiger partial charge >= 0.3 is 17.9 Å². The van der Waals surface area contributed by atoms with E-state index in [4.69, 9.17) is 14.2 Å². The van der Waals surface area contributed by atoms with Crippen molar-refractivity contribution in [1.29, 1.82) is 0 Å². The number of hydrogen-bond donors (Lipinski definition) is 3. The van der Waals surface area contributed by atoms with Crippen molar-refractivity contribution in [2.24, 2.45) is 0 Å². The Kier molecular flexibility index (Phi) is 4.06. The van der Waals surface area contributed by atoms with Crippen molar-refractivity contribution < 1.29 is 48.7 Å². The zero-order chi connectivity index (χ0) is 27.0. The molecule has 7 rings (SSSR count). The van der Waals surface area contributed by atoms with Crippen LogP contribution in [0.1, 0.15) is 77.3 Å². The SMILES string of the molecule is CC(=O)O[C@@H]1[C@@H]2C(=O)c3c(C)cc(O)c4c3C1(COC4=O)c1c(O)c3c4c(c(O)cc(C)c4c12)C(=O)OC3. The Bertz CT molecular complexity index is 1750. The van der Waals surface area contributed by atoms with E-state index in [0.29, 0.717) is 22.1 Å². The second-order valence-electron chi connectivity index (χ2n) is 10.3. The Morgan fingerprint density at radius 2 is 1.58 bits per heavy atom. The van der Waals surface area contributed by atoms with Crippen LogP contribution in [0.2, 0.25) is 0 Å². The molecule has 0 amide bonds. The molecule has 1 spiro atoms. The van der Waals surface area contributed by atoms with Gasteiger partial charge in [-0.1, -0.05) is 0 Å². The molecule has 4 aliphatic rings. The standard InChI is InChI=1S/C28H20O10/c1-8-4-12(30)17-16-11(6-36-26(17)34)23(32)22-19(14(8)16)20-24(33)15-9(2)5-13(31)18-21(15)28(22,7-37-27(18)35)25(20)38-10(3)29/h4-5,20,25,30-32H,6-7H2,1-3H3/t20-,25+,28?/m0/s1. The number of aromatic hydroxyl groups is 3. The smallest absolute Gasteiger partial charge is 0.342 e. The van der Waals surface area contributed by atoms with E-state index in [-0.39, 0.29) is 63.5 Å². The number of cyclic esters (lactones) is 2. The Morgan fingerprint density at radius 3 is 2.29 bits per heavy atom. The first-order valence-corrected chi connectivity index (χ1v) is 12.0. The zero-order valence-electron chi connectivity index (χ0n) is 20.4. The number of rotatable bonds is 1. The van der Waals surface area contributed by atoms with E-state index in [0.717, 1.165) is 0 Å². The summed E-state index contributed by atoms with van der Waals surface area (Å²) >= 11 is 0. The van der Waals surface area contributed by atoms with Crippen molar-refractivity contribution in [3.63, 3.8) is 0 Å². The third-order valence-electron chi connectivity index (χ3n) is 8.37. The number of fused-ring (bicyclic) bond motifs is 4. The molecule has 0 saturated carbocycles. The molecule has 0 radical (unpaired) electrons. The molecule has 0 aromatic heterocycles. The molecule has 0 saturated heterocycles. The maximum atomic E-state index is 14.3. The summed E-state index contributed by atoms with van der Waals surface area (Å²) in [4.78, 5) is 52.3. The largest absolute Gasteiger partial charge is 0.507 e. The van der Waals surface area contributed by atoms with E-state index in [2.05, 4.69) is 0 Å². The maximum Gasteiger partial charge on any atom is 0.342 e. The highest BCUT2D eigenvalue weighted by molar-refractivity contribution is 6.18. The lowest BCUT2D eigenvalue weighted by atomic mass is 9.63. The summed E-state index contributed by atoms with van der Waals surface area (Å²) in [7, 11) is 0. The average Bonchev–Trinajstić information content (AvgIpc) is 3.04. The number of carbonyl (C=O) groups is 4. The normalized spacial score (nSPS) is 24.0. The van der Waals surface area contributed by atoms with Crippen LogP contribution in [0, 0.1) is 13.8 Å². The van der Waals surface area contributed by atoms with Crippen LogP contribution in [-0.2, 0) is 31.0 Å². The van der Waals surface area contributed by atoms with Gasteiger partial charge in [-0.25, -0.2) is 9.59 Å². The number of ether oxygens (including phenoxy) is 3. The molecule has 3 aromatic carbocycles. The summed E-state index contributed by atoms with van der Waals surface area (Å²) in [5.41, 5.74) is 0.108. The molecule has 3 N–H and O–H groups in total. The summed E-state index contributed by atoms with van der Waals surface area (Å²) in [6.45, 7) is 3.83. The van der Waals surface area contributed by atoms with Crippen molar-refractivity contribution in [2.45, 2.75) is 44.8 Å². The third kappa shape index (κ3) is 2.30. The second-order valence-corrected chi connectivity index (χ2v) is 10.3. The molecule has 3 aromatic rings. The highest BCUT2D eigenvalue weighted by atomic mass is 16.6. The van der Waals surface area contributed by atoms with Gasteiger partial charge in [0, 0.05) is 29.0 Å². The average molecular weight is 516 g/mol. The number of benzene rings is 3. The fraction of sp³-hybridized carbons (Fsp3) is 0.286. The molecule has 10 heteroatoms. The molecule has 192 valence electrons. The highest BCUT2D eigenvalue weighted by Gasteiger charge is 2.67. The quantitative estimate of drug-likeness (QED) is 0.325. The van der Waals surface area contributed by atoms with Crippen molar-refractivity contribution in [3.8, 4) is 17.2 Å². The van der Waals surface area contributed by atoms with E-state index >= 15 is 0 Å². The molecule has 1 unspecified atom stereocenters. The maximum absolute atomic E-state index is 14.3. The Morgan fingerprint density at radius 1 is 0.921 bits per heavy atom. The van der Waals surface area contributed by atoms with Crippen molar-refractivity contribution in [3.05, 3.63) is 62.2 Å². The monoisotopic (exact) mass is 516 g/mol. The van der Waals surface area contributed by atoms with E-state index in [9.17, 15) is 34.5 Å². The van der Waals surface area contributed by atoms with Crippen LogP contribution < -0.4 is 0 Å². The van der Waals surface area contributed by atoms with Crippen LogP contribution in [0.3, 0.4) is 0 Å². The number of phenolic OH excluding ortho intramolecular Hbond substituents is 3. The molecule has 3 atom stereocenters. The topological polar surface area (TPSA) is 157 Å². The summed E-state index contributed by atoms with van der Waals surface area (Å²) in [6, 6.07) is 2.70. The first-order valence-electron chi connectivity index (χ1n) is 12.0. The van der Waals surface area contributed by atoms with Crippen LogP contribution in [0.4, 0.5) is 0 Å². The van der Waals surface area contributed by atoms with E-state index < -0.39 is 46.9 Å². The molecule has 2 bridgehead atoms. The molecule has 38 heavy (non-hydrogen) atoms. The first kappa shape index (κ1) is 22.6. The molecule has 2 aliphatic heterocycles. The summed E-state index contributed by atoms with van der Waals surface area (Å²) in [5.74, 6) is -4.95. The number of Topliss-reactive ketones (excluding diaryl/α,β-unsaturated/α-hetero) is 1. The summed E-state index contributed by atoms with van der Waals surface area (Å²) < 4.78 is 16.6. The van der Waals surface area contributed by atoms with Gasteiger partial charge in [0.2, 0.25) is 0 Å². The van der Waals surface area contributed by atoms with Gasteiger partial charge in [0.25, 0.3) is 0 Å². The van der Waals surface area contributed by atoms with Crippen molar-refractivity contribution >= 4 is 34.5 Å². The third-order valence-corrected chi connectivity index (χ3v) is 8.37. The molecular formula is C28H20O10. The molecule has 10 nitrogen and oxygen atoms in total. The van der Waals surface area contributed by atoms with E-state index in [1.165, 1.54) is 19.1 Å². The Hall–Kier alpha value is -4.60. The van der Waals surface area contributed by atoms with Gasteiger partial charge in [-0.15, -0.1) is 0 Å². The van der Waals surface area contributed by atoms with Gasteiger partial charge in [0.1, 0.15) is 47.7 Å². The van der Waals surface area contributed by atoms with Crippen LogP contribution in [-0.4, -0.2) is 51.7 Å². The Labute approximate surface area is 214 Å². The van der Waals surface area contributed by atoms with Gasteiger partial charge in [-0.05, 0) is 53.6 Å². The predicted octanol–water partition coefficient (Wildman–Crippen LogP) is 2.93. The van der Waals surface area contributed by atoms with E-state index in [1.807, 2.05) is 0 Å². The van der Waals surface area contributed by atoms with Gasteiger partial charge in [-0.3, -0.25) is 9.59 Å². The minimum absolute atomic E-state index is 0.137. The van der Waals surface area contributed by atoms with Crippen LogP contribution in [0.15, 0.2) is 12.1 Å². The fourth-order valence-corrected chi connectivity index (χ4v) is 7.15. The van der Waals surface area contributed by atoms with Gasteiger partial charge in [0.15, 0.2) is 5.78 Å². The molecule has 2 aliphatic carbocycles. The van der Waals surface area contributed by atoms with Crippen molar-refractivity contribution in [1.82, 2.24) is 0 Å². The number of ketones is 1. The number of phenols is 3. The summed E-state index contributed by atoms with van der Waals surface area (Å²) in [5, 5.41) is 34.0. The first-order chi connectivity index (χ1) is 18.0. The number of carbonyl (C=O) groups excluding carboxylic acids is 4. The van der Waals surface area contributed by atoms with Gasteiger partial charge in [-0.2, -0.15) is 0 Å². The second kappa shape index (κ2) is 6.83. The fourth-order valence-electron chi connectivity index (χ4n) is 7.15. The number of esters is 3. The van der Waals surface area contributed by atoms with Crippen LogP contribution in [0.25, 0.3) is 10.8 Å². The predicted molar refractivity (Wildman–Crippen MR) is 128 cm³/mol. The highest BCUT2D eigenvalue weighted by Crippen LogP contribution is 2.65.